The number of benzene rings is 4. The Morgan fingerprint density at radius 2 is 1.77 bits per heavy atom. The topological polar surface area (TPSA) is 69.9 Å². The van der Waals surface area contributed by atoms with Gasteiger partial charge in [-0.05, 0) is 70.8 Å². The van der Waals surface area contributed by atoms with Crippen LogP contribution in [0.1, 0.15) is 60.5 Å². The Morgan fingerprint density at radius 1 is 1.06 bits per heavy atom. The Kier molecular flexibility index (Phi) is 10.7. The van der Waals surface area contributed by atoms with Crippen molar-refractivity contribution >= 4 is 79.2 Å². The SMILES string of the molecule is CCOC(=O)C1=C(c2ccccc2)N=c2s/c(=C\c3cc(Br)cc(I)c3OCc3ccccc3Cl)c(=O)n2[C@H]1c1ccc(C(C)C)cc1. The molecule has 1 atom stereocenters. The van der Waals surface area contributed by atoms with Gasteiger partial charge in [0.1, 0.15) is 12.4 Å². The van der Waals surface area contributed by atoms with Gasteiger partial charge in [-0.25, -0.2) is 9.79 Å². The molecular formula is C38H31BrClIN2O4S. The highest BCUT2D eigenvalue weighted by molar-refractivity contribution is 14.1. The molecular weight excluding hydrogens is 823 g/mol. The van der Waals surface area contributed by atoms with Gasteiger partial charge in [0.2, 0.25) is 0 Å². The second-order valence-corrected chi connectivity index (χ2v) is 14.9. The molecule has 1 aliphatic rings. The van der Waals surface area contributed by atoms with Crippen molar-refractivity contribution in [3.8, 4) is 5.75 Å². The van der Waals surface area contributed by atoms with Crippen LogP contribution in [0.3, 0.4) is 0 Å². The molecule has 1 aromatic heterocycles. The largest absolute Gasteiger partial charge is 0.487 e. The molecule has 0 fully saturated rings. The molecule has 0 N–H and O–H groups in total. The minimum Gasteiger partial charge on any atom is -0.487 e. The van der Waals surface area contributed by atoms with Gasteiger partial charge < -0.3 is 9.47 Å². The van der Waals surface area contributed by atoms with Crippen LogP contribution in [0, 0.1) is 3.57 Å². The van der Waals surface area contributed by atoms with Crippen molar-refractivity contribution in [2.24, 2.45) is 4.99 Å². The summed E-state index contributed by atoms with van der Waals surface area (Å²) in [6, 6.07) is 28.3. The molecule has 0 radical (unpaired) electrons. The number of hydrogen-bond donors (Lipinski definition) is 0. The average Bonchev–Trinajstić information content (AvgIpc) is 3.38. The van der Waals surface area contributed by atoms with E-state index in [2.05, 4.69) is 52.4 Å². The molecule has 0 saturated carbocycles. The summed E-state index contributed by atoms with van der Waals surface area (Å²) in [6.45, 7) is 6.48. The number of carbonyl (C=O) groups is 1. The lowest BCUT2D eigenvalue weighted by Gasteiger charge is -2.26. The first-order valence-electron chi connectivity index (χ1n) is 15.4. The summed E-state index contributed by atoms with van der Waals surface area (Å²) < 4.78 is 15.7. The summed E-state index contributed by atoms with van der Waals surface area (Å²) in [5.41, 5.74) is 4.82. The van der Waals surface area contributed by atoms with Crippen LogP contribution in [0.4, 0.5) is 0 Å². The molecule has 1 aliphatic heterocycles. The van der Waals surface area contributed by atoms with Crippen LogP contribution < -0.4 is 19.6 Å². The van der Waals surface area contributed by atoms with Gasteiger partial charge in [-0.2, -0.15) is 0 Å². The molecule has 2 heterocycles. The van der Waals surface area contributed by atoms with Crippen molar-refractivity contribution in [2.45, 2.75) is 39.3 Å². The summed E-state index contributed by atoms with van der Waals surface area (Å²) in [6.07, 6.45) is 1.83. The van der Waals surface area contributed by atoms with E-state index in [-0.39, 0.29) is 18.8 Å². The van der Waals surface area contributed by atoms with E-state index in [1.54, 1.807) is 11.5 Å². The zero-order chi connectivity index (χ0) is 33.9. The highest BCUT2D eigenvalue weighted by Gasteiger charge is 2.35. The predicted octanol–water partition coefficient (Wildman–Crippen LogP) is 8.66. The second-order valence-electron chi connectivity index (χ2n) is 11.4. The molecule has 48 heavy (non-hydrogen) atoms. The summed E-state index contributed by atoms with van der Waals surface area (Å²) in [4.78, 5) is 33.7. The Balaban J connectivity index is 1.56. The highest BCUT2D eigenvalue weighted by atomic mass is 127. The first-order chi connectivity index (χ1) is 23.2. The molecule has 0 bridgehead atoms. The van der Waals surface area contributed by atoms with E-state index in [9.17, 15) is 9.59 Å². The summed E-state index contributed by atoms with van der Waals surface area (Å²) in [5, 5.41) is 0.618. The molecule has 0 saturated heterocycles. The van der Waals surface area contributed by atoms with Crippen molar-refractivity contribution in [3.63, 3.8) is 0 Å². The monoisotopic (exact) mass is 852 g/mol. The van der Waals surface area contributed by atoms with Crippen LogP contribution in [-0.4, -0.2) is 17.1 Å². The maximum Gasteiger partial charge on any atom is 0.338 e. The van der Waals surface area contributed by atoms with Crippen LogP contribution >= 0.6 is 61.5 Å². The predicted molar refractivity (Wildman–Crippen MR) is 204 cm³/mol. The van der Waals surface area contributed by atoms with E-state index in [0.717, 1.165) is 35.9 Å². The van der Waals surface area contributed by atoms with Crippen molar-refractivity contribution < 1.29 is 14.3 Å². The smallest absolute Gasteiger partial charge is 0.338 e. The van der Waals surface area contributed by atoms with Crippen LogP contribution in [0.25, 0.3) is 11.8 Å². The van der Waals surface area contributed by atoms with Crippen LogP contribution in [0.15, 0.2) is 111 Å². The van der Waals surface area contributed by atoms with E-state index >= 15 is 0 Å². The molecule has 6 nitrogen and oxygen atoms in total. The maximum atomic E-state index is 14.5. The average molecular weight is 854 g/mol. The number of nitrogens with zero attached hydrogens (tertiary/aromatic N) is 2. The maximum absolute atomic E-state index is 14.5. The van der Waals surface area contributed by atoms with Gasteiger partial charge in [-0.15, -0.1) is 0 Å². The molecule has 0 spiro atoms. The van der Waals surface area contributed by atoms with E-state index < -0.39 is 12.0 Å². The van der Waals surface area contributed by atoms with E-state index in [4.69, 9.17) is 26.1 Å². The number of fused-ring (bicyclic) bond motifs is 1. The van der Waals surface area contributed by atoms with Gasteiger partial charge in [-0.3, -0.25) is 9.36 Å². The molecule has 0 aliphatic carbocycles. The molecule has 0 amide bonds. The zero-order valence-electron chi connectivity index (χ0n) is 26.4. The van der Waals surface area contributed by atoms with Crippen LogP contribution in [0.5, 0.6) is 5.75 Å². The van der Waals surface area contributed by atoms with Gasteiger partial charge in [0.15, 0.2) is 4.80 Å². The van der Waals surface area contributed by atoms with Gasteiger partial charge >= 0.3 is 5.97 Å². The summed E-state index contributed by atoms with van der Waals surface area (Å²) in [7, 11) is 0. The minimum absolute atomic E-state index is 0.187. The lowest BCUT2D eigenvalue weighted by atomic mass is 9.91. The van der Waals surface area contributed by atoms with Crippen LogP contribution in [0.2, 0.25) is 5.02 Å². The molecule has 0 unspecified atom stereocenters. The summed E-state index contributed by atoms with van der Waals surface area (Å²) in [5.74, 6) is 0.440. The zero-order valence-corrected chi connectivity index (χ0v) is 31.7. The van der Waals surface area contributed by atoms with Gasteiger partial charge in [0.25, 0.3) is 5.56 Å². The normalized spacial score (nSPS) is 14.6. The van der Waals surface area contributed by atoms with E-state index in [1.165, 1.54) is 11.3 Å². The lowest BCUT2D eigenvalue weighted by Crippen LogP contribution is -2.40. The third-order valence-corrected chi connectivity index (χ3v) is 10.6. The van der Waals surface area contributed by atoms with Crippen molar-refractivity contribution in [3.05, 3.63) is 157 Å². The Labute approximate surface area is 309 Å². The summed E-state index contributed by atoms with van der Waals surface area (Å²) >= 11 is 13.5. The number of ether oxygens (including phenoxy) is 2. The molecule has 6 rings (SSSR count). The van der Waals surface area contributed by atoms with Crippen molar-refractivity contribution in [1.82, 2.24) is 4.57 Å². The van der Waals surface area contributed by atoms with E-state index in [0.29, 0.717) is 37.3 Å². The first-order valence-corrected chi connectivity index (χ1v) is 18.5. The number of carbonyl (C=O) groups excluding carboxylic acids is 1. The second kappa shape index (κ2) is 14.9. The number of aromatic nitrogens is 1. The van der Waals surface area contributed by atoms with Gasteiger partial charge in [0.05, 0.1) is 32.0 Å². The lowest BCUT2D eigenvalue weighted by molar-refractivity contribution is -0.138. The third-order valence-electron chi connectivity index (χ3n) is 7.95. The quantitative estimate of drug-likeness (QED) is 0.110. The Bertz CT molecular complexity index is 2210. The standard InChI is InChI=1S/C38H31BrClIN2O4S/c1-4-46-37(45)32-33(24-10-6-5-7-11-24)42-38-43(34(32)25-16-14-23(15-17-25)22(2)3)36(44)31(48-38)19-27-18-28(39)20-30(41)35(27)47-21-26-12-8-9-13-29(26)40/h5-20,22,34H,4,21H2,1-3H3/b31-19-/t34-/m0/s1. The Hall–Kier alpha value is -3.51. The fraction of sp³-hybridized carbons (Fsp3) is 0.184. The third kappa shape index (κ3) is 7.10. The molecule has 5 aromatic rings. The number of hydrogen-bond acceptors (Lipinski definition) is 6. The number of rotatable bonds is 9. The van der Waals surface area contributed by atoms with Crippen LogP contribution in [-0.2, 0) is 16.1 Å². The molecule has 10 heteroatoms. The number of halogens is 3. The molecule has 4 aromatic carbocycles. The fourth-order valence-electron chi connectivity index (χ4n) is 5.57. The minimum atomic E-state index is -0.752. The number of esters is 1. The fourth-order valence-corrected chi connectivity index (χ4v) is 8.45. The van der Waals surface area contributed by atoms with E-state index in [1.807, 2.05) is 97.1 Å². The first kappa shape index (κ1) is 34.4. The van der Waals surface area contributed by atoms with Crippen molar-refractivity contribution in [1.29, 1.82) is 0 Å². The molecule has 244 valence electrons. The van der Waals surface area contributed by atoms with Gasteiger partial charge in [-0.1, -0.05) is 126 Å². The highest BCUT2D eigenvalue weighted by Crippen LogP contribution is 2.36. The van der Waals surface area contributed by atoms with Crippen molar-refractivity contribution in [2.75, 3.05) is 6.61 Å². The number of thiazole rings is 1. The Morgan fingerprint density at radius 3 is 2.46 bits per heavy atom. The van der Waals surface area contributed by atoms with Gasteiger partial charge in [0, 0.05) is 26.2 Å².